The zero-order chi connectivity index (χ0) is 15.0. The second-order valence-electron chi connectivity index (χ2n) is 5.56. The number of carbonyl (C=O) groups is 1. The lowest BCUT2D eigenvalue weighted by Gasteiger charge is -2.18. The van der Waals surface area contributed by atoms with Crippen molar-refractivity contribution in [3.05, 3.63) is 64.7 Å². The Kier molecular flexibility index (Phi) is 3.39. The van der Waals surface area contributed by atoms with Crippen LogP contribution in [0.4, 0.5) is 5.69 Å². The predicted molar refractivity (Wildman–Crippen MR) is 84.0 cm³/mol. The van der Waals surface area contributed by atoms with Crippen LogP contribution in [0.1, 0.15) is 45.6 Å². The second kappa shape index (κ2) is 5.22. The normalized spacial score (nSPS) is 20.1. The van der Waals surface area contributed by atoms with E-state index in [1.165, 1.54) is 11.1 Å². The fourth-order valence-electron chi connectivity index (χ4n) is 2.98. The van der Waals surface area contributed by atoms with Crippen LogP contribution in [-0.4, -0.2) is 5.91 Å². The van der Waals surface area contributed by atoms with Gasteiger partial charge in [-0.2, -0.15) is 0 Å². The van der Waals surface area contributed by atoms with Gasteiger partial charge in [0.2, 0.25) is 5.91 Å². The van der Waals surface area contributed by atoms with Crippen molar-refractivity contribution in [3.8, 4) is 0 Å². The molecule has 108 valence electrons. The largest absolute Gasteiger partial charge is 0.378 e. The molecule has 0 aromatic heterocycles. The molecule has 1 aliphatic rings. The first-order chi connectivity index (χ1) is 10.1. The number of nitrogens with two attached hydrogens (primary N) is 2. The SMILES string of the molecule is Cc1cc(C(N)=O)ccc1NC1CC(N)c2ccccc21. The molecular weight excluding hydrogens is 262 g/mol. The number of primary amides is 1. The molecule has 0 saturated heterocycles. The van der Waals surface area contributed by atoms with E-state index in [9.17, 15) is 4.79 Å². The van der Waals surface area contributed by atoms with Crippen molar-refractivity contribution in [1.29, 1.82) is 0 Å². The number of rotatable bonds is 3. The van der Waals surface area contributed by atoms with Gasteiger partial charge in [-0.3, -0.25) is 4.79 Å². The second-order valence-corrected chi connectivity index (χ2v) is 5.56. The van der Waals surface area contributed by atoms with Crippen molar-refractivity contribution in [2.24, 2.45) is 11.5 Å². The first-order valence-electron chi connectivity index (χ1n) is 7.07. The molecule has 2 unspecified atom stereocenters. The number of carbonyl (C=O) groups excluding carboxylic acids is 1. The zero-order valence-electron chi connectivity index (χ0n) is 12.0. The third-order valence-corrected chi connectivity index (χ3v) is 4.10. The maximum Gasteiger partial charge on any atom is 0.248 e. The summed E-state index contributed by atoms with van der Waals surface area (Å²) in [6, 6.07) is 14.0. The Morgan fingerprint density at radius 3 is 2.57 bits per heavy atom. The monoisotopic (exact) mass is 281 g/mol. The third-order valence-electron chi connectivity index (χ3n) is 4.10. The van der Waals surface area contributed by atoms with Gasteiger partial charge < -0.3 is 16.8 Å². The summed E-state index contributed by atoms with van der Waals surface area (Å²) in [5.74, 6) is -0.405. The van der Waals surface area contributed by atoms with Gasteiger partial charge in [0, 0.05) is 17.3 Å². The Morgan fingerprint density at radius 1 is 1.19 bits per heavy atom. The van der Waals surface area contributed by atoms with E-state index in [0.717, 1.165) is 17.7 Å². The van der Waals surface area contributed by atoms with Gasteiger partial charge in [-0.05, 0) is 48.2 Å². The molecule has 0 aliphatic heterocycles. The summed E-state index contributed by atoms with van der Waals surface area (Å²) in [6.45, 7) is 1.97. The Morgan fingerprint density at radius 2 is 1.90 bits per heavy atom. The van der Waals surface area contributed by atoms with Crippen LogP contribution in [0.5, 0.6) is 0 Å². The zero-order valence-corrected chi connectivity index (χ0v) is 12.0. The van der Waals surface area contributed by atoms with Crippen LogP contribution in [0.15, 0.2) is 42.5 Å². The van der Waals surface area contributed by atoms with Crippen LogP contribution in [0.25, 0.3) is 0 Å². The van der Waals surface area contributed by atoms with Crippen molar-refractivity contribution in [2.45, 2.75) is 25.4 Å². The molecule has 1 amide bonds. The number of anilines is 1. The number of hydrogen-bond donors (Lipinski definition) is 3. The van der Waals surface area contributed by atoms with Gasteiger partial charge in [0.05, 0.1) is 6.04 Å². The average Bonchev–Trinajstić information content (AvgIpc) is 2.78. The molecule has 5 N–H and O–H groups in total. The van der Waals surface area contributed by atoms with Crippen LogP contribution in [0.3, 0.4) is 0 Å². The lowest BCUT2D eigenvalue weighted by atomic mass is 10.1. The molecule has 0 radical (unpaired) electrons. The van der Waals surface area contributed by atoms with Gasteiger partial charge in [0.1, 0.15) is 0 Å². The summed E-state index contributed by atoms with van der Waals surface area (Å²) in [5, 5.41) is 3.53. The molecule has 2 aromatic rings. The van der Waals surface area contributed by atoms with Gasteiger partial charge in [0.15, 0.2) is 0 Å². The van der Waals surface area contributed by atoms with Gasteiger partial charge in [-0.25, -0.2) is 0 Å². The van der Waals surface area contributed by atoms with Gasteiger partial charge in [-0.1, -0.05) is 24.3 Å². The topological polar surface area (TPSA) is 81.1 Å². The molecule has 2 atom stereocenters. The summed E-state index contributed by atoms with van der Waals surface area (Å²) in [6.07, 6.45) is 0.871. The van der Waals surface area contributed by atoms with E-state index in [-0.39, 0.29) is 12.1 Å². The van der Waals surface area contributed by atoms with E-state index >= 15 is 0 Å². The molecule has 4 heteroatoms. The van der Waals surface area contributed by atoms with Crippen LogP contribution in [-0.2, 0) is 0 Å². The number of amides is 1. The maximum absolute atomic E-state index is 11.2. The molecular formula is C17H19N3O. The Balaban J connectivity index is 1.87. The molecule has 4 nitrogen and oxygen atoms in total. The minimum absolute atomic E-state index is 0.0731. The standard InChI is InChI=1S/C17H19N3O/c1-10-8-11(17(19)21)6-7-15(10)20-16-9-14(18)12-4-2-3-5-13(12)16/h2-8,14,16,20H,9,18H2,1H3,(H2,19,21). The van der Waals surface area contributed by atoms with Crippen LogP contribution in [0, 0.1) is 6.92 Å². The molecule has 0 saturated carbocycles. The Hall–Kier alpha value is -2.33. The molecule has 0 heterocycles. The molecule has 0 fully saturated rings. The van der Waals surface area contributed by atoms with Crippen LogP contribution >= 0.6 is 0 Å². The fourth-order valence-corrected chi connectivity index (χ4v) is 2.98. The highest BCUT2D eigenvalue weighted by molar-refractivity contribution is 5.93. The van der Waals surface area contributed by atoms with Gasteiger partial charge in [0.25, 0.3) is 0 Å². The summed E-state index contributed by atoms with van der Waals surface area (Å²) < 4.78 is 0. The number of aryl methyl sites for hydroxylation is 1. The minimum atomic E-state index is -0.405. The van der Waals surface area contributed by atoms with Crippen molar-refractivity contribution in [1.82, 2.24) is 0 Å². The first-order valence-corrected chi connectivity index (χ1v) is 7.07. The maximum atomic E-state index is 11.2. The lowest BCUT2D eigenvalue weighted by molar-refractivity contribution is 0.1000. The van der Waals surface area contributed by atoms with Crippen molar-refractivity contribution < 1.29 is 4.79 Å². The van der Waals surface area contributed by atoms with E-state index in [1.807, 2.05) is 31.2 Å². The Bertz CT molecular complexity index is 696. The van der Waals surface area contributed by atoms with Gasteiger partial charge in [-0.15, -0.1) is 0 Å². The van der Waals surface area contributed by atoms with E-state index < -0.39 is 5.91 Å². The summed E-state index contributed by atoms with van der Waals surface area (Å²) in [4.78, 5) is 11.2. The number of benzene rings is 2. The van der Waals surface area contributed by atoms with E-state index in [0.29, 0.717) is 5.56 Å². The summed E-state index contributed by atoms with van der Waals surface area (Å²) >= 11 is 0. The lowest BCUT2D eigenvalue weighted by Crippen LogP contribution is -2.13. The number of nitrogens with one attached hydrogen (secondary N) is 1. The van der Waals surface area contributed by atoms with Crippen molar-refractivity contribution in [3.63, 3.8) is 0 Å². The van der Waals surface area contributed by atoms with E-state index in [4.69, 9.17) is 11.5 Å². The van der Waals surface area contributed by atoms with E-state index in [2.05, 4.69) is 17.4 Å². The number of fused-ring (bicyclic) bond motifs is 1. The highest BCUT2D eigenvalue weighted by Gasteiger charge is 2.28. The molecule has 0 spiro atoms. The fraction of sp³-hybridized carbons (Fsp3) is 0.235. The minimum Gasteiger partial charge on any atom is -0.378 e. The molecule has 3 rings (SSSR count). The highest BCUT2D eigenvalue weighted by atomic mass is 16.1. The smallest absolute Gasteiger partial charge is 0.248 e. The molecule has 1 aliphatic carbocycles. The van der Waals surface area contributed by atoms with Gasteiger partial charge >= 0.3 is 0 Å². The Labute approximate surface area is 124 Å². The number of hydrogen-bond acceptors (Lipinski definition) is 3. The quantitative estimate of drug-likeness (QED) is 0.809. The van der Waals surface area contributed by atoms with Crippen molar-refractivity contribution >= 4 is 11.6 Å². The summed E-state index contributed by atoms with van der Waals surface area (Å²) in [7, 11) is 0. The third kappa shape index (κ3) is 2.50. The van der Waals surface area contributed by atoms with E-state index in [1.54, 1.807) is 6.07 Å². The molecule has 21 heavy (non-hydrogen) atoms. The summed E-state index contributed by atoms with van der Waals surface area (Å²) in [5.41, 5.74) is 16.5. The average molecular weight is 281 g/mol. The van der Waals surface area contributed by atoms with Crippen molar-refractivity contribution in [2.75, 3.05) is 5.32 Å². The van der Waals surface area contributed by atoms with Crippen LogP contribution in [0.2, 0.25) is 0 Å². The van der Waals surface area contributed by atoms with Crippen LogP contribution < -0.4 is 16.8 Å². The molecule has 0 bridgehead atoms. The predicted octanol–water partition coefficient (Wildman–Crippen LogP) is 2.65. The molecule has 2 aromatic carbocycles. The first kappa shape index (κ1) is 13.6. The highest BCUT2D eigenvalue weighted by Crippen LogP contribution is 2.39.